The van der Waals surface area contributed by atoms with Gasteiger partial charge >= 0.3 is 12.4 Å². The predicted octanol–water partition coefficient (Wildman–Crippen LogP) is 3.64. The monoisotopic (exact) mass is 339 g/mol. The number of benzene rings is 1. The van der Waals surface area contributed by atoms with Crippen molar-refractivity contribution >= 4 is 0 Å². The van der Waals surface area contributed by atoms with Crippen molar-refractivity contribution in [3.63, 3.8) is 0 Å². The molecule has 8 heteroatoms. The summed E-state index contributed by atoms with van der Waals surface area (Å²) in [6.45, 7) is 1.48. The topological polar surface area (TPSA) is 23.5 Å². The van der Waals surface area contributed by atoms with Crippen molar-refractivity contribution in [2.45, 2.75) is 30.8 Å². The average molecular weight is 339 g/mol. The quantitative estimate of drug-likeness (QED) is 0.790. The molecular weight excluding hydrogens is 324 g/mol. The zero-order valence-electron chi connectivity index (χ0n) is 12.0. The second-order valence-electron chi connectivity index (χ2n) is 6.27. The van der Waals surface area contributed by atoms with Gasteiger partial charge in [0.15, 0.2) is 0 Å². The maximum Gasteiger partial charge on any atom is 0.416 e. The van der Waals surface area contributed by atoms with E-state index in [9.17, 15) is 31.4 Å². The van der Waals surface area contributed by atoms with E-state index in [4.69, 9.17) is 0 Å². The van der Waals surface area contributed by atoms with Crippen LogP contribution in [0.4, 0.5) is 26.3 Å². The third kappa shape index (κ3) is 2.94. The normalized spacial score (nSPS) is 31.4. The Bertz CT molecular complexity index is 571. The molecule has 128 valence electrons. The first-order chi connectivity index (χ1) is 10.5. The van der Waals surface area contributed by atoms with Gasteiger partial charge in [-0.3, -0.25) is 0 Å². The van der Waals surface area contributed by atoms with Gasteiger partial charge in [-0.05, 0) is 55.6 Å². The summed E-state index contributed by atoms with van der Waals surface area (Å²) in [5.41, 5.74) is -4.73. The first-order valence-corrected chi connectivity index (χ1v) is 7.25. The number of aliphatic hydroxyl groups is 1. The highest BCUT2D eigenvalue weighted by molar-refractivity contribution is 5.38. The molecule has 2 nitrogen and oxygen atoms in total. The molecule has 1 aromatic rings. The summed E-state index contributed by atoms with van der Waals surface area (Å²) in [5.74, 6) is -0.322. The van der Waals surface area contributed by atoms with Gasteiger partial charge in [0.05, 0.1) is 11.1 Å². The zero-order chi connectivity index (χ0) is 17.0. The Morgan fingerprint density at radius 2 is 1.39 bits per heavy atom. The van der Waals surface area contributed by atoms with Crippen molar-refractivity contribution in [2.75, 3.05) is 19.6 Å². The van der Waals surface area contributed by atoms with Crippen LogP contribution >= 0.6 is 0 Å². The summed E-state index contributed by atoms with van der Waals surface area (Å²) in [4.78, 5) is 1.87. The molecule has 3 heterocycles. The van der Waals surface area contributed by atoms with E-state index in [0.29, 0.717) is 38.1 Å². The molecule has 0 radical (unpaired) electrons. The fraction of sp³-hybridized carbons (Fsp3) is 0.600. The number of hydrogen-bond acceptors (Lipinski definition) is 2. The van der Waals surface area contributed by atoms with E-state index < -0.39 is 29.1 Å². The SMILES string of the molecule is OC1(c2cc(C(F)(F)F)cc(C(F)(F)F)c2)CN2CCC1CC2. The zero-order valence-corrected chi connectivity index (χ0v) is 12.0. The third-order valence-corrected chi connectivity index (χ3v) is 4.82. The van der Waals surface area contributed by atoms with E-state index in [1.165, 1.54) is 0 Å². The Balaban J connectivity index is 2.11. The van der Waals surface area contributed by atoms with E-state index in [1.54, 1.807) is 0 Å². The molecule has 1 unspecified atom stereocenters. The molecular formula is C15H15F6NO. The number of nitrogens with zero attached hydrogens (tertiary/aromatic N) is 1. The Morgan fingerprint density at radius 1 is 0.913 bits per heavy atom. The predicted molar refractivity (Wildman–Crippen MR) is 69.5 cm³/mol. The molecule has 1 aromatic carbocycles. The molecule has 0 spiro atoms. The number of alkyl halides is 6. The van der Waals surface area contributed by atoms with Crippen molar-refractivity contribution in [3.05, 3.63) is 34.9 Å². The fourth-order valence-corrected chi connectivity index (χ4v) is 3.57. The number of piperidine rings is 3. The van der Waals surface area contributed by atoms with Crippen molar-refractivity contribution in [3.8, 4) is 0 Å². The minimum Gasteiger partial charge on any atom is -0.384 e. The summed E-state index contributed by atoms with van der Waals surface area (Å²) >= 11 is 0. The highest BCUT2D eigenvalue weighted by atomic mass is 19.4. The lowest BCUT2D eigenvalue weighted by Crippen LogP contribution is -2.57. The summed E-state index contributed by atoms with van der Waals surface area (Å²) in [6, 6.07) is 1.39. The lowest BCUT2D eigenvalue weighted by Gasteiger charge is -2.50. The third-order valence-electron chi connectivity index (χ3n) is 4.82. The van der Waals surface area contributed by atoms with Gasteiger partial charge in [0, 0.05) is 6.54 Å². The maximum atomic E-state index is 13.0. The molecule has 2 bridgehead atoms. The molecule has 4 rings (SSSR count). The van der Waals surface area contributed by atoms with Gasteiger partial charge in [-0.2, -0.15) is 26.3 Å². The van der Waals surface area contributed by atoms with Crippen LogP contribution in [0.3, 0.4) is 0 Å². The second kappa shape index (κ2) is 5.11. The number of rotatable bonds is 1. The Morgan fingerprint density at radius 3 is 1.74 bits per heavy atom. The van der Waals surface area contributed by atoms with E-state index in [2.05, 4.69) is 0 Å². The van der Waals surface area contributed by atoms with E-state index >= 15 is 0 Å². The van der Waals surface area contributed by atoms with Gasteiger partial charge in [-0.15, -0.1) is 0 Å². The van der Waals surface area contributed by atoms with E-state index in [0.717, 1.165) is 0 Å². The highest BCUT2D eigenvalue weighted by Gasteiger charge is 2.48. The summed E-state index contributed by atoms with van der Waals surface area (Å²) < 4.78 is 77.7. The largest absolute Gasteiger partial charge is 0.416 e. The van der Waals surface area contributed by atoms with E-state index in [1.807, 2.05) is 4.90 Å². The van der Waals surface area contributed by atoms with Gasteiger partial charge in [0.2, 0.25) is 0 Å². The van der Waals surface area contributed by atoms with Crippen molar-refractivity contribution < 1.29 is 31.4 Å². The maximum absolute atomic E-state index is 13.0. The second-order valence-corrected chi connectivity index (χ2v) is 6.27. The first kappa shape index (κ1) is 16.6. The molecule has 0 aliphatic carbocycles. The van der Waals surface area contributed by atoms with Crippen LogP contribution in [0.5, 0.6) is 0 Å². The molecule has 23 heavy (non-hydrogen) atoms. The van der Waals surface area contributed by atoms with Gasteiger partial charge in [-0.25, -0.2) is 0 Å². The molecule has 0 aromatic heterocycles. The Labute approximate surface area is 128 Å². The molecule has 0 amide bonds. The summed E-state index contributed by atoms with van der Waals surface area (Å²) in [5, 5.41) is 10.8. The molecule has 1 atom stereocenters. The standard InChI is InChI=1S/C15H15F6NO/c16-14(17,18)11-5-10(6-12(7-11)15(19,20)21)13(23)8-22-3-1-9(13)2-4-22/h5-7,9,23H,1-4,8H2. The van der Waals surface area contributed by atoms with Gasteiger partial charge < -0.3 is 10.0 Å². The molecule has 0 saturated carbocycles. The lowest BCUT2D eigenvalue weighted by atomic mass is 9.71. The number of hydrogen-bond donors (Lipinski definition) is 1. The number of halogens is 6. The number of fused-ring (bicyclic) bond motifs is 3. The summed E-state index contributed by atoms with van der Waals surface area (Å²) in [7, 11) is 0. The highest BCUT2D eigenvalue weighted by Crippen LogP contribution is 2.45. The average Bonchev–Trinajstić information content (AvgIpc) is 2.46. The molecule has 3 aliphatic heterocycles. The first-order valence-electron chi connectivity index (χ1n) is 7.25. The minimum absolute atomic E-state index is 0.0657. The Hall–Kier alpha value is -1.28. The van der Waals surface area contributed by atoms with Crippen LogP contribution in [-0.4, -0.2) is 29.6 Å². The lowest BCUT2D eigenvalue weighted by molar-refractivity contribution is -0.144. The molecule has 3 saturated heterocycles. The van der Waals surface area contributed by atoms with Crippen molar-refractivity contribution in [1.29, 1.82) is 0 Å². The Kier molecular flexibility index (Phi) is 3.68. The minimum atomic E-state index is -4.90. The van der Waals surface area contributed by atoms with Crippen molar-refractivity contribution in [1.82, 2.24) is 4.90 Å². The van der Waals surface area contributed by atoms with Crippen LogP contribution in [0.2, 0.25) is 0 Å². The van der Waals surface area contributed by atoms with Crippen LogP contribution in [0.15, 0.2) is 18.2 Å². The van der Waals surface area contributed by atoms with Crippen LogP contribution in [0, 0.1) is 5.92 Å². The van der Waals surface area contributed by atoms with Crippen LogP contribution in [0.25, 0.3) is 0 Å². The van der Waals surface area contributed by atoms with Crippen LogP contribution in [0.1, 0.15) is 29.5 Å². The molecule has 1 N–H and O–H groups in total. The van der Waals surface area contributed by atoms with Gasteiger partial charge in [0.1, 0.15) is 5.60 Å². The van der Waals surface area contributed by atoms with Gasteiger partial charge in [-0.1, -0.05) is 0 Å². The fourth-order valence-electron chi connectivity index (χ4n) is 3.57. The van der Waals surface area contributed by atoms with Crippen molar-refractivity contribution in [2.24, 2.45) is 5.92 Å². The molecule has 3 fully saturated rings. The van der Waals surface area contributed by atoms with Crippen LogP contribution < -0.4 is 0 Å². The van der Waals surface area contributed by atoms with Crippen LogP contribution in [-0.2, 0) is 18.0 Å². The smallest absolute Gasteiger partial charge is 0.384 e. The van der Waals surface area contributed by atoms with Gasteiger partial charge in [0.25, 0.3) is 0 Å². The summed E-state index contributed by atoms with van der Waals surface area (Å²) in [6.07, 6.45) is -8.68. The molecule has 3 aliphatic rings. The van der Waals surface area contributed by atoms with E-state index in [-0.39, 0.29) is 24.1 Å².